The molecule has 0 atom stereocenters. The highest BCUT2D eigenvalue weighted by atomic mass is 32.1. The Balaban J connectivity index is 0.000000217. The second kappa shape index (κ2) is 33.8. The van der Waals surface area contributed by atoms with Crippen LogP contribution in [0.5, 0.6) is 0 Å². The lowest BCUT2D eigenvalue weighted by molar-refractivity contribution is -0.152. The highest BCUT2D eigenvalue weighted by Crippen LogP contribution is 2.26. The number of carbonyl (C=O) groups is 6. The fraction of sp³-hybridized carbons (Fsp3) is 0.204. The van der Waals surface area contributed by atoms with E-state index in [-0.39, 0.29) is 55.1 Å². The molecule has 0 bridgehead atoms. The molecule has 0 saturated heterocycles. The quantitative estimate of drug-likeness (QED) is 0.0346. The fourth-order valence-electron chi connectivity index (χ4n) is 5.85. The van der Waals surface area contributed by atoms with E-state index in [1.54, 1.807) is 80.6 Å². The second-order valence-corrected chi connectivity index (χ2v) is 17.9. The number of halogens is 2. The molecule has 0 unspecified atom stereocenters. The number of ether oxygens (including phenoxy) is 1. The number of carboxylic acid groups (broad SMARTS) is 1. The van der Waals surface area contributed by atoms with Crippen molar-refractivity contribution in [1.29, 1.82) is 0 Å². The first-order chi connectivity index (χ1) is 38.5. The van der Waals surface area contributed by atoms with Gasteiger partial charge in [0.15, 0.2) is 17.3 Å². The fourth-order valence-corrected chi connectivity index (χ4v) is 7.28. The SMILES string of the molecule is CC(=O)c1cc(-c2ccccc2)on1.CC(=O)c1ccccc1.CCOC(=O)C(C)=O.NCCc1nnc(CO)s1.O=C(NCCc1nnc(CO)s1)c1noc(-c2ccccc2)c1F.O=C(O)c1noc(-c2ccccc2)c1F. The molecule has 0 aliphatic carbocycles. The lowest BCUT2D eigenvalue weighted by Gasteiger charge is -2.00. The number of esters is 1. The summed E-state index contributed by atoms with van der Waals surface area (Å²) in [4.78, 5) is 64.4. The Hall–Kier alpha value is -9.21. The minimum atomic E-state index is -1.45. The Morgan fingerprint density at radius 1 is 0.600 bits per heavy atom. The van der Waals surface area contributed by atoms with E-state index in [4.69, 9.17) is 30.1 Å². The molecule has 1 amide bonds. The van der Waals surface area contributed by atoms with E-state index in [0.717, 1.165) is 22.6 Å². The minimum Gasteiger partial charge on any atom is -0.476 e. The number of ketones is 3. The summed E-state index contributed by atoms with van der Waals surface area (Å²) in [6.07, 6.45) is 1.17. The second-order valence-electron chi connectivity index (χ2n) is 15.6. The summed E-state index contributed by atoms with van der Waals surface area (Å²) >= 11 is 2.66. The molecule has 26 heteroatoms. The third-order valence-electron chi connectivity index (χ3n) is 9.70. The summed E-state index contributed by atoms with van der Waals surface area (Å²) in [5, 5.41) is 56.8. The molecular formula is C54H53F2N9O13S2. The van der Waals surface area contributed by atoms with Gasteiger partial charge in [-0.3, -0.25) is 19.2 Å². The van der Waals surface area contributed by atoms with Crippen LogP contribution in [0.2, 0.25) is 0 Å². The number of aliphatic hydroxyl groups excluding tert-OH is 2. The number of nitrogens with zero attached hydrogens (tertiary/aromatic N) is 7. The van der Waals surface area contributed by atoms with Gasteiger partial charge in [0.25, 0.3) is 5.91 Å². The van der Waals surface area contributed by atoms with Gasteiger partial charge in [-0.15, -0.1) is 20.4 Å². The number of benzene rings is 4. The van der Waals surface area contributed by atoms with Crippen LogP contribution in [0.1, 0.15) is 89.5 Å². The summed E-state index contributed by atoms with van der Waals surface area (Å²) in [6.45, 7) is 6.75. The maximum atomic E-state index is 14.3. The number of hydrogen-bond acceptors (Lipinski definition) is 22. The molecule has 0 saturated carbocycles. The minimum absolute atomic E-state index is 0.0256. The molecule has 5 heterocycles. The zero-order valence-electron chi connectivity index (χ0n) is 43.3. The summed E-state index contributed by atoms with van der Waals surface area (Å²) in [6, 6.07) is 37.4. The third-order valence-corrected chi connectivity index (χ3v) is 11.6. The molecule has 0 radical (unpaired) electrons. The summed E-state index contributed by atoms with van der Waals surface area (Å²) in [5.74, 6) is -4.73. The van der Waals surface area contributed by atoms with Gasteiger partial charge in [-0.1, -0.05) is 159 Å². The zero-order valence-corrected chi connectivity index (χ0v) is 44.9. The average molecular weight is 1140 g/mol. The van der Waals surface area contributed by atoms with Crippen LogP contribution in [0.15, 0.2) is 141 Å². The first-order valence-electron chi connectivity index (χ1n) is 23.7. The summed E-state index contributed by atoms with van der Waals surface area (Å²) in [7, 11) is 0. The Kier molecular flexibility index (Phi) is 26.8. The predicted molar refractivity (Wildman–Crippen MR) is 287 cm³/mol. The molecule has 9 rings (SSSR count). The van der Waals surface area contributed by atoms with Crippen molar-refractivity contribution in [3.05, 3.63) is 182 Å². The number of Topliss-reactive ketones (excluding diaryl/α,β-unsaturated/α-hetero) is 3. The first kappa shape index (κ1) is 63.3. The van der Waals surface area contributed by atoms with Gasteiger partial charge in [-0.2, -0.15) is 8.78 Å². The molecule has 0 aliphatic rings. The van der Waals surface area contributed by atoms with Crippen LogP contribution in [0.3, 0.4) is 0 Å². The van der Waals surface area contributed by atoms with Gasteiger partial charge in [-0.25, -0.2) is 9.59 Å². The van der Waals surface area contributed by atoms with Crippen LogP contribution >= 0.6 is 22.7 Å². The zero-order chi connectivity index (χ0) is 58.4. The Labute approximate surface area is 463 Å². The molecule has 4 aromatic carbocycles. The third kappa shape index (κ3) is 20.6. The molecule has 6 N–H and O–H groups in total. The number of hydrogen-bond donors (Lipinski definition) is 5. The highest BCUT2D eigenvalue weighted by molar-refractivity contribution is 7.11. The van der Waals surface area contributed by atoms with Crippen molar-refractivity contribution in [3.8, 4) is 34.0 Å². The normalized spacial score (nSPS) is 10.0. The van der Waals surface area contributed by atoms with Gasteiger partial charge < -0.3 is 44.7 Å². The van der Waals surface area contributed by atoms with E-state index in [1.165, 1.54) is 36.5 Å². The molecule has 0 fully saturated rings. The van der Waals surface area contributed by atoms with Crippen LogP contribution in [-0.4, -0.2) is 106 Å². The average Bonchev–Trinajstić information content (AvgIpc) is 4.36. The number of nitrogens with two attached hydrogens (primary N) is 1. The van der Waals surface area contributed by atoms with Crippen molar-refractivity contribution < 1.29 is 71.2 Å². The molecule has 22 nitrogen and oxygen atoms in total. The lowest BCUT2D eigenvalue weighted by atomic mass is 10.1. The molecule has 80 heavy (non-hydrogen) atoms. The van der Waals surface area contributed by atoms with Crippen LogP contribution in [0.25, 0.3) is 34.0 Å². The van der Waals surface area contributed by atoms with E-state index in [2.05, 4.69) is 50.4 Å². The molecule has 0 aliphatic heterocycles. The van der Waals surface area contributed by atoms with Crippen molar-refractivity contribution >= 4 is 57.9 Å². The van der Waals surface area contributed by atoms with E-state index >= 15 is 0 Å². The van der Waals surface area contributed by atoms with Crippen LogP contribution in [-0.2, 0) is 40.4 Å². The standard InChI is InChI=1S/C15H13FN4O3S.C11H9NO2.C10H6FNO3.C8H8O.C5H9N3OS.C5H8O3/c16-12-13(20-23-14(12)9-4-2-1-3-5-9)15(22)17-7-6-10-18-19-11(8-21)24-10;1-8(13)10-7-11(14-12-10)9-5-3-2-4-6-9;11-7-8(10(13)14)12-15-9(7)6-4-2-1-3-5-6;1-7(9)8-5-3-2-4-6-8;6-2-1-4-7-8-5(3-9)10-4;1-3-8-5(7)4(2)6/h1-5,21H,6-8H2,(H,17,22);2-7H,1H3;1-5H,(H,13,14);2-6H,1H3;9H,1-3,6H2;3H2,1-2H3. The Morgan fingerprint density at radius 3 is 1.43 bits per heavy atom. The van der Waals surface area contributed by atoms with Crippen LogP contribution in [0.4, 0.5) is 8.78 Å². The Morgan fingerprint density at radius 2 is 1.05 bits per heavy atom. The number of nitrogens with one attached hydrogen (secondary N) is 1. The van der Waals surface area contributed by atoms with Gasteiger partial charge in [-0.05, 0) is 20.4 Å². The molecule has 418 valence electrons. The number of aromatic carboxylic acids is 1. The van der Waals surface area contributed by atoms with Gasteiger partial charge >= 0.3 is 11.9 Å². The van der Waals surface area contributed by atoms with E-state index in [0.29, 0.717) is 50.6 Å². The number of amides is 1. The number of rotatable bonds is 16. The number of carboxylic acids is 1. The van der Waals surface area contributed by atoms with Crippen LogP contribution in [0, 0.1) is 11.6 Å². The Bertz CT molecular complexity index is 3360. The maximum Gasteiger partial charge on any atom is 0.374 e. The molecule has 0 spiro atoms. The molecular weight excluding hydrogens is 1080 g/mol. The van der Waals surface area contributed by atoms with E-state index in [1.807, 2.05) is 60.7 Å². The van der Waals surface area contributed by atoms with Gasteiger partial charge in [0.2, 0.25) is 40.3 Å². The van der Waals surface area contributed by atoms with Crippen molar-refractivity contribution in [2.24, 2.45) is 5.73 Å². The molecule has 9 aromatic rings. The van der Waals surface area contributed by atoms with Crippen LogP contribution < -0.4 is 11.1 Å². The highest BCUT2D eigenvalue weighted by Gasteiger charge is 2.24. The number of aliphatic hydroxyl groups is 2. The smallest absolute Gasteiger partial charge is 0.374 e. The topological polar surface area (TPSA) is 340 Å². The van der Waals surface area contributed by atoms with Gasteiger partial charge in [0.05, 0.1) is 19.8 Å². The first-order valence-corrected chi connectivity index (χ1v) is 25.4. The predicted octanol–water partition coefficient (Wildman–Crippen LogP) is 8.08. The maximum absolute atomic E-state index is 14.3. The summed E-state index contributed by atoms with van der Waals surface area (Å²) < 4.78 is 46.7. The number of aromatic nitrogens is 7. The van der Waals surface area contributed by atoms with E-state index < -0.39 is 41.0 Å². The molecule has 5 aromatic heterocycles. The van der Waals surface area contributed by atoms with Crippen molar-refractivity contribution in [2.75, 3.05) is 19.7 Å². The van der Waals surface area contributed by atoms with Gasteiger partial charge in [0.1, 0.15) is 25.7 Å². The van der Waals surface area contributed by atoms with Crippen molar-refractivity contribution in [2.45, 2.75) is 53.8 Å². The van der Waals surface area contributed by atoms with E-state index in [9.17, 15) is 37.5 Å². The largest absolute Gasteiger partial charge is 0.476 e. The monoisotopic (exact) mass is 1140 g/mol. The lowest BCUT2D eigenvalue weighted by Crippen LogP contribution is -2.26. The van der Waals surface area contributed by atoms with Gasteiger partial charge in [0, 0.05) is 61.6 Å². The summed E-state index contributed by atoms with van der Waals surface area (Å²) in [5.41, 5.74) is 7.22. The van der Waals surface area contributed by atoms with Crippen molar-refractivity contribution in [1.82, 2.24) is 41.2 Å². The number of carbonyl (C=O) groups excluding carboxylic acids is 5. The van der Waals surface area contributed by atoms with Crippen molar-refractivity contribution in [3.63, 3.8) is 0 Å².